The van der Waals surface area contributed by atoms with E-state index in [9.17, 15) is 9.59 Å². The molecule has 7 heteroatoms. The summed E-state index contributed by atoms with van der Waals surface area (Å²) >= 11 is 0. The van der Waals surface area contributed by atoms with Crippen LogP contribution in [0.4, 0.5) is 10.6 Å². The highest BCUT2D eigenvalue weighted by Gasteiger charge is 2.58. The first-order valence-corrected chi connectivity index (χ1v) is 8.81. The van der Waals surface area contributed by atoms with Crippen molar-refractivity contribution in [3.63, 3.8) is 0 Å². The highest BCUT2D eigenvalue weighted by atomic mass is 16.2. The SMILES string of the molecule is C[C@]12CCCN1C(=O)N(C1CCN(c3ccc(C#N)cn3)CC1)C2=O. The van der Waals surface area contributed by atoms with E-state index in [4.69, 9.17) is 5.26 Å². The van der Waals surface area contributed by atoms with E-state index < -0.39 is 5.54 Å². The number of hydrogen-bond acceptors (Lipinski definition) is 5. The van der Waals surface area contributed by atoms with Gasteiger partial charge >= 0.3 is 6.03 Å². The number of urea groups is 1. The molecule has 4 heterocycles. The van der Waals surface area contributed by atoms with Gasteiger partial charge in [0.15, 0.2) is 0 Å². The topological polar surface area (TPSA) is 80.5 Å². The maximum absolute atomic E-state index is 12.8. The van der Waals surface area contributed by atoms with Crippen molar-refractivity contribution >= 4 is 17.8 Å². The normalized spacial score (nSPS) is 27.0. The lowest BCUT2D eigenvalue weighted by atomic mass is 9.97. The van der Waals surface area contributed by atoms with Crippen molar-refractivity contribution in [3.8, 4) is 6.07 Å². The Balaban J connectivity index is 1.44. The molecule has 7 nitrogen and oxygen atoms in total. The molecule has 25 heavy (non-hydrogen) atoms. The molecule has 3 aliphatic heterocycles. The van der Waals surface area contributed by atoms with Crippen LogP contribution in [0, 0.1) is 11.3 Å². The zero-order valence-corrected chi connectivity index (χ0v) is 14.3. The average Bonchev–Trinajstić information content (AvgIpc) is 3.12. The lowest BCUT2D eigenvalue weighted by Crippen LogP contribution is -2.49. The molecular formula is C18H21N5O2. The van der Waals surface area contributed by atoms with Crippen molar-refractivity contribution in [1.29, 1.82) is 5.26 Å². The summed E-state index contributed by atoms with van der Waals surface area (Å²) in [4.78, 5) is 35.3. The predicted octanol–water partition coefficient (Wildman–Crippen LogP) is 1.74. The number of aromatic nitrogens is 1. The summed E-state index contributed by atoms with van der Waals surface area (Å²) < 4.78 is 0. The second kappa shape index (κ2) is 5.73. The van der Waals surface area contributed by atoms with E-state index in [-0.39, 0.29) is 18.0 Å². The van der Waals surface area contributed by atoms with Crippen molar-refractivity contribution in [2.24, 2.45) is 0 Å². The molecule has 0 aromatic carbocycles. The number of hydrogen-bond donors (Lipinski definition) is 0. The summed E-state index contributed by atoms with van der Waals surface area (Å²) in [5.41, 5.74) is -0.0798. The van der Waals surface area contributed by atoms with Crippen LogP contribution in [0.25, 0.3) is 0 Å². The van der Waals surface area contributed by atoms with E-state index in [1.807, 2.05) is 13.0 Å². The quantitative estimate of drug-likeness (QED) is 0.767. The molecule has 0 radical (unpaired) electrons. The van der Waals surface area contributed by atoms with Gasteiger partial charge in [-0.15, -0.1) is 0 Å². The standard InChI is InChI=1S/C18H21N5O2/c1-18-7-2-8-22(18)17(25)23(16(18)24)14-5-9-21(10-6-14)15-4-3-13(11-19)12-20-15/h3-4,12,14H,2,5-10H2,1H3/t18-/m1/s1. The maximum Gasteiger partial charge on any atom is 0.327 e. The fourth-order valence-corrected chi connectivity index (χ4v) is 4.28. The number of rotatable bonds is 2. The van der Waals surface area contributed by atoms with Gasteiger partial charge in [0.1, 0.15) is 17.4 Å². The van der Waals surface area contributed by atoms with Gasteiger partial charge in [-0.05, 0) is 44.7 Å². The molecule has 3 amide bonds. The molecule has 3 aliphatic rings. The van der Waals surface area contributed by atoms with E-state index in [0.717, 1.165) is 44.6 Å². The Bertz CT molecular complexity index is 748. The molecule has 0 spiro atoms. The molecule has 1 aromatic heterocycles. The van der Waals surface area contributed by atoms with Crippen LogP contribution in [0.15, 0.2) is 18.3 Å². The third-order valence-electron chi connectivity index (χ3n) is 5.79. The van der Waals surface area contributed by atoms with Crippen LogP contribution < -0.4 is 4.90 Å². The zero-order valence-electron chi connectivity index (χ0n) is 14.3. The summed E-state index contributed by atoms with van der Waals surface area (Å²) in [6.45, 7) is 4.08. The number of piperidine rings is 1. The van der Waals surface area contributed by atoms with Crippen LogP contribution in [0.3, 0.4) is 0 Å². The number of imide groups is 1. The van der Waals surface area contributed by atoms with Gasteiger partial charge in [0.25, 0.3) is 5.91 Å². The van der Waals surface area contributed by atoms with Crippen molar-refractivity contribution in [2.45, 2.75) is 44.2 Å². The van der Waals surface area contributed by atoms with Gasteiger partial charge in [-0.3, -0.25) is 9.69 Å². The minimum absolute atomic E-state index is 0.0232. The second-order valence-electron chi connectivity index (χ2n) is 7.22. The van der Waals surface area contributed by atoms with E-state index in [1.54, 1.807) is 17.2 Å². The van der Waals surface area contributed by atoms with E-state index in [2.05, 4.69) is 16.0 Å². The highest BCUT2D eigenvalue weighted by Crippen LogP contribution is 2.39. The van der Waals surface area contributed by atoms with Crippen molar-refractivity contribution in [1.82, 2.24) is 14.8 Å². The fourth-order valence-electron chi connectivity index (χ4n) is 4.28. The highest BCUT2D eigenvalue weighted by molar-refractivity contribution is 6.07. The van der Waals surface area contributed by atoms with Gasteiger partial charge in [0, 0.05) is 31.9 Å². The lowest BCUT2D eigenvalue weighted by molar-refractivity contribution is -0.133. The summed E-state index contributed by atoms with van der Waals surface area (Å²) in [5.74, 6) is 0.814. The number of amides is 3. The van der Waals surface area contributed by atoms with Gasteiger partial charge in [-0.2, -0.15) is 5.26 Å². The minimum atomic E-state index is -0.622. The minimum Gasteiger partial charge on any atom is -0.356 e. The van der Waals surface area contributed by atoms with Crippen LogP contribution >= 0.6 is 0 Å². The monoisotopic (exact) mass is 339 g/mol. The number of anilines is 1. The molecule has 0 bridgehead atoms. The van der Waals surface area contributed by atoms with E-state index >= 15 is 0 Å². The number of fused-ring (bicyclic) bond motifs is 1. The molecule has 1 aromatic rings. The van der Waals surface area contributed by atoms with Gasteiger partial charge in [0.05, 0.1) is 5.56 Å². The molecule has 0 N–H and O–H groups in total. The number of nitrogens with zero attached hydrogens (tertiary/aromatic N) is 5. The Morgan fingerprint density at radius 2 is 2.00 bits per heavy atom. The van der Waals surface area contributed by atoms with Gasteiger partial charge in [0.2, 0.25) is 0 Å². The van der Waals surface area contributed by atoms with Gasteiger partial charge in [-0.25, -0.2) is 9.78 Å². The van der Waals surface area contributed by atoms with Crippen LogP contribution in [-0.4, -0.2) is 57.9 Å². The van der Waals surface area contributed by atoms with Gasteiger partial charge < -0.3 is 9.80 Å². The van der Waals surface area contributed by atoms with Crippen molar-refractivity contribution in [2.75, 3.05) is 24.5 Å². The first-order valence-electron chi connectivity index (χ1n) is 8.81. The fraction of sp³-hybridized carbons (Fsp3) is 0.556. The second-order valence-corrected chi connectivity index (χ2v) is 7.22. The number of carbonyl (C=O) groups excluding carboxylic acids is 2. The van der Waals surface area contributed by atoms with Crippen LogP contribution in [0.5, 0.6) is 0 Å². The molecule has 1 atom stereocenters. The van der Waals surface area contributed by atoms with Crippen LogP contribution in [0.2, 0.25) is 0 Å². The largest absolute Gasteiger partial charge is 0.356 e. The maximum atomic E-state index is 12.8. The number of nitriles is 1. The summed E-state index contributed by atoms with van der Waals surface area (Å²) in [7, 11) is 0. The Morgan fingerprint density at radius 1 is 1.24 bits per heavy atom. The predicted molar refractivity (Wildman–Crippen MR) is 90.8 cm³/mol. The first-order chi connectivity index (χ1) is 12.0. The van der Waals surface area contributed by atoms with E-state index in [1.165, 1.54) is 4.90 Å². The molecule has 0 saturated carbocycles. The Hall–Kier alpha value is -2.62. The third-order valence-corrected chi connectivity index (χ3v) is 5.79. The van der Waals surface area contributed by atoms with Crippen molar-refractivity contribution in [3.05, 3.63) is 23.9 Å². The third kappa shape index (κ3) is 2.36. The molecule has 3 fully saturated rings. The average molecular weight is 339 g/mol. The number of pyridine rings is 1. The lowest BCUT2D eigenvalue weighted by Gasteiger charge is -2.36. The summed E-state index contributed by atoms with van der Waals surface area (Å²) in [5, 5.41) is 8.86. The van der Waals surface area contributed by atoms with E-state index in [0.29, 0.717) is 12.1 Å². The Labute approximate surface area is 146 Å². The van der Waals surface area contributed by atoms with Crippen LogP contribution in [-0.2, 0) is 4.79 Å². The molecule has 0 unspecified atom stereocenters. The summed E-state index contributed by atoms with van der Waals surface area (Å²) in [6.07, 6.45) is 4.75. The zero-order chi connectivity index (χ0) is 17.6. The molecule has 4 rings (SSSR count). The summed E-state index contributed by atoms with van der Waals surface area (Å²) in [6, 6.07) is 5.54. The Kier molecular flexibility index (Phi) is 3.64. The van der Waals surface area contributed by atoms with Crippen molar-refractivity contribution < 1.29 is 9.59 Å². The van der Waals surface area contributed by atoms with Crippen LogP contribution in [0.1, 0.15) is 38.2 Å². The van der Waals surface area contributed by atoms with Gasteiger partial charge in [-0.1, -0.05) is 0 Å². The Morgan fingerprint density at radius 3 is 2.60 bits per heavy atom. The first kappa shape index (κ1) is 15.9. The number of carbonyl (C=O) groups is 2. The smallest absolute Gasteiger partial charge is 0.327 e. The molecule has 0 aliphatic carbocycles. The molecule has 130 valence electrons. The molecule has 3 saturated heterocycles. The molecular weight excluding hydrogens is 318 g/mol.